The zero-order valence-corrected chi connectivity index (χ0v) is 11.2. The Balaban J connectivity index is 2.09. The molecule has 0 aliphatic rings. The fourth-order valence-electron chi connectivity index (χ4n) is 1.88. The van der Waals surface area contributed by atoms with Gasteiger partial charge in [0.15, 0.2) is 0 Å². The first-order chi connectivity index (χ1) is 9.15. The second-order valence-electron chi connectivity index (χ2n) is 4.55. The summed E-state index contributed by atoms with van der Waals surface area (Å²) in [5.41, 5.74) is 3.95. The van der Waals surface area contributed by atoms with E-state index in [1.807, 2.05) is 68.4 Å². The number of aryl methyl sites for hydroxylation is 1. The fourth-order valence-corrected chi connectivity index (χ4v) is 1.88. The lowest BCUT2D eigenvalue weighted by molar-refractivity contribution is -0.111. The first-order valence-electron chi connectivity index (χ1n) is 6.26. The van der Waals surface area contributed by atoms with Gasteiger partial charge in [0.05, 0.1) is 0 Å². The van der Waals surface area contributed by atoms with Crippen LogP contribution < -0.4 is 5.32 Å². The van der Waals surface area contributed by atoms with E-state index in [0.717, 1.165) is 22.4 Å². The third kappa shape index (κ3) is 3.81. The lowest BCUT2D eigenvalue weighted by atomic mass is 10.1. The number of hydrogen-bond acceptors (Lipinski definition) is 1. The van der Waals surface area contributed by atoms with Gasteiger partial charge >= 0.3 is 0 Å². The summed E-state index contributed by atoms with van der Waals surface area (Å²) in [6.07, 6.45) is 1.62. The Morgan fingerprint density at radius 1 is 1.05 bits per heavy atom. The fraction of sp³-hybridized carbons (Fsp3) is 0.118. The van der Waals surface area contributed by atoms with Gasteiger partial charge < -0.3 is 5.32 Å². The molecule has 0 spiro atoms. The molecule has 0 aliphatic heterocycles. The lowest BCUT2D eigenvalue weighted by Gasteiger charge is -2.05. The Morgan fingerprint density at radius 3 is 2.47 bits per heavy atom. The molecule has 0 radical (unpaired) electrons. The average Bonchev–Trinajstić information content (AvgIpc) is 2.39. The zero-order valence-electron chi connectivity index (χ0n) is 11.2. The number of benzene rings is 2. The van der Waals surface area contributed by atoms with E-state index in [-0.39, 0.29) is 5.91 Å². The van der Waals surface area contributed by atoms with E-state index in [1.165, 1.54) is 0 Å². The van der Waals surface area contributed by atoms with E-state index in [2.05, 4.69) is 5.32 Å². The van der Waals surface area contributed by atoms with Gasteiger partial charge in [0.1, 0.15) is 0 Å². The molecule has 0 fully saturated rings. The molecular formula is C17H17NO. The molecule has 1 N–H and O–H groups in total. The standard InChI is InChI=1S/C17H17NO/c1-13-7-6-10-16(11-13)18-17(19)12-14(2)15-8-4-3-5-9-15/h3-12H,1-2H3,(H,18,19)/b14-12+. The van der Waals surface area contributed by atoms with Gasteiger partial charge in [0.2, 0.25) is 5.91 Å². The van der Waals surface area contributed by atoms with Gasteiger partial charge in [-0.3, -0.25) is 4.79 Å². The van der Waals surface area contributed by atoms with Crippen molar-refractivity contribution < 1.29 is 4.79 Å². The van der Waals surface area contributed by atoms with Crippen molar-refractivity contribution in [2.75, 3.05) is 5.32 Å². The highest BCUT2D eigenvalue weighted by Gasteiger charge is 2.01. The molecule has 0 aliphatic carbocycles. The first-order valence-corrected chi connectivity index (χ1v) is 6.26. The highest BCUT2D eigenvalue weighted by Crippen LogP contribution is 2.14. The molecule has 2 heteroatoms. The number of carbonyl (C=O) groups is 1. The molecule has 0 bridgehead atoms. The van der Waals surface area contributed by atoms with Crippen LogP contribution in [-0.4, -0.2) is 5.91 Å². The van der Waals surface area contributed by atoms with Crippen LogP contribution in [0.15, 0.2) is 60.7 Å². The molecule has 2 nitrogen and oxygen atoms in total. The number of carbonyl (C=O) groups excluding carboxylic acids is 1. The third-order valence-electron chi connectivity index (χ3n) is 2.86. The minimum Gasteiger partial charge on any atom is -0.322 e. The molecule has 2 aromatic rings. The van der Waals surface area contributed by atoms with Crippen molar-refractivity contribution in [1.29, 1.82) is 0 Å². The van der Waals surface area contributed by atoms with Crippen LogP contribution in [0.1, 0.15) is 18.1 Å². The normalized spacial score (nSPS) is 11.2. The van der Waals surface area contributed by atoms with Gasteiger partial charge in [0, 0.05) is 11.8 Å². The summed E-state index contributed by atoms with van der Waals surface area (Å²) in [7, 11) is 0. The molecule has 0 saturated heterocycles. The van der Waals surface area contributed by atoms with Crippen molar-refractivity contribution in [3.05, 3.63) is 71.8 Å². The van der Waals surface area contributed by atoms with Crippen molar-refractivity contribution in [2.24, 2.45) is 0 Å². The van der Waals surface area contributed by atoms with E-state index in [0.29, 0.717) is 0 Å². The lowest BCUT2D eigenvalue weighted by Crippen LogP contribution is -2.08. The van der Waals surface area contributed by atoms with Crippen molar-refractivity contribution in [3.63, 3.8) is 0 Å². The van der Waals surface area contributed by atoms with Gasteiger partial charge in [-0.2, -0.15) is 0 Å². The summed E-state index contributed by atoms with van der Waals surface area (Å²) < 4.78 is 0. The van der Waals surface area contributed by atoms with Crippen molar-refractivity contribution >= 4 is 17.2 Å². The maximum atomic E-state index is 11.9. The van der Waals surface area contributed by atoms with Crippen LogP contribution in [0.5, 0.6) is 0 Å². The van der Waals surface area contributed by atoms with Crippen molar-refractivity contribution in [3.8, 4) is 0 Å². The summed E-state index contributed by atoms with van der Waals surface area (Å²) in [6.45, 7) is 3.94. The minimum atomic E-state index is -0.105. The molecular weight excluding hydrogens is 234 g/mol. The van der Waals surface area contributed by atoms with E-state index < -0.39 is 0 Å². The van der Waals surface area contributed by atoms with Crippen LogP contribution in [0.3, 0.4) is 0 Å². The summed E-state index contributed by atoms with van der Waals surface area (Å²) in [4.78, 5) is 11.9. The quantitative estimate of drug-likeness (QED) is 0.820. The maximum absolute atomic E-state index is 11.9. The predicted octanol–water partition coefficient (Wildman–Crippen LogP) is 4.04. The predicted molar refractivity (Wildman–Crippen MR) is 79.9 cm³/mol. The Morgan fingerprint density at radius 2 is 1.79 bits per heavy atom. The van der Waals surface area contributed by atoms with Gasteiger partial charge in [-0.15, -0.1) is 0 Å². The Kier molecular flexibility index (Phi) is 4.14. The van der Waals surface area contributed by atoms with Crippen LogP contribution in [-0.2, 0) is 4.79 Å². The molecule has 0 aromatic heterocycles. The summed E-state index contributed by atoms with van der Waals surface area (Å²) in [5.74, 6) is -0.105. The first kappa shape index (κ1) is 13.1. The molecule has 2 aromatic carbocycles. The summed E-state index contributed by atoms with van der Waals surface area (Å²) in [5, 5.41) is 2.87. The number of hydrogen-bond donors (Lipinski definition) is 1. The van der Waals surface area contributed by atoms with Crippen LogP contribution in [0.25, 0.3) is 5.57 Å². The molecule has 0 unspecified atom stereocenters. The highest BCUT2D eigenvalue weighted by molar-refractivity contribution is 6.03. The monoisotopic (exact) mass is 251 g/mol. The largest absolute Gasteiger partial charge is 0.322 e. The molecule has 0 heterocycles. The Labute approximate surface area is 113 Å². The molecule has 96 valence electrons. The van der Waals surface area contributed by atoms with Gasteiger partial charge in [0.25, 0.3) is 0 Å². The molecule has 19 heavy (non-hydrogen) atoms. The Bertz CT molecular complexity index is 600. The van der Waals surface area contributed by atoms with Crippen molar-refractivity contribution in [2.45, 2.75) is 13.8 Å². The smallest absolute Gasteiger partial charge is 0.248 e. The molecule has 0 saturated carbocycles. The molecule has 0 atom stereocenters. The van der Waals surface area contributed by atoms with Crippen LogP contribution in [0.2, 0.25) is 0 Å². The van der Waals surface area contributed by atoms with Crippen molar-refractivity contribution in [1.82, 2.24) is 0 Å². The minimum absolute atomic E-state index is 0.105. The van der Waals surface area contributed by atoms with Crippen LogP contribution in [0.4, 0.5) is 5.69 Å². The number of allylic oxidation sites excluding steroid dienone is 1. The maximum Gasteiger partial charge on any atom is 0.248 e. The average molecular weight is 251 g/mol. The third-order valence-corrected chi connectivity index (χ3v) is 2.86. The van der Waals surface area contributed by atoms with Gasteiger partial charge in [-0.05, 0) is 42.7 Å². The van der Waals surface area contributed by atoms with Gasteiger partial charge in [-0.25, -0.2) is 0 Å². The SMILES string of the molecule is C/C(=C\C(=O)Nc1cccc(C)c1)c1ccccc1. The van der Waals surface area contributed by atoms with E-state index in [4.69, 9.17) is 0 Å². The molecule has 1 amide bonds. The highest BCUT2D eigenvalue weighted by atomic mass is 16.1. The summed E-state index contributed by atoms with van der Waals surface area (Å²) in [6, 6.07) is 17.6. The zero-order chi connectivity index (χ0) is 13.7. The summed E-state index contributed by atoms with van der Waals surface area (Å²) >= 11 is 0. The van der Waals surface area contributed by atoms with Gasteiger partial charge in [-0.1, -0.05) is 42.5 Å². The Hall–Kier alpha value is -2.35. The van der Waals surface area contributed by atoms with Crippen LogP contribution in [0, 0.1) is 6.92 Å². The van der Waals surface area contributed by atoms with Crippen LogP contribution >= 0.6 is 0 Å². The second-order valence-corrected chi connectivity index (χ2v) is 4.55. The second kappa shape index (κ2) is 6.01. The number of anilines is 1. The molecule has 2 rings (SSSR count). The van der Waals surface area contributed by atoms with E-state index in [9.17, 15) is 4.79 Å². The van der Waals surface area contributed by atoms with E-state index in [1.54, 1.807) is 6.08 Å². The van der Waals surface area contributed by atoms with E-state index >= 15 is 0 Å². The topological polar surface area (TPSA) is 29.1 Å². The number of rotatable bonds is 3. The number of nitrogens with one attached hydrogen (secondary N) is 1. The number of amides is 1.